The van der Waals surface area contributed by atoms with Crippen LogP contribution in [0.25, 0.3) is 0 Å². The molecule has 4 nitrogen and oxygen atoms in total. The molecule has 0 bridgehead atoms. The third-order valence-electron chi connectivity index (χ3n) is 4.61. The van der Waals surface area contributed by atoms with Gasteiger partial charge in [-0.05, 0) is 18.1 Å². The number of carbonyl (C=O) groups excluding carboxylic acids is 1. The van der Waals surface area contributed by atoms with Gasteiger partial charge in [0.15, 0.2) is 17.4 Å². The van der Waals surface area contributed by atoms with Crippen molar-refractivity contribution >= 4 is 5.97 Å². The van der Waals surface area contributed by atoms with Crippen LogP contribution in [0.2, 0.25) is 0 Å². The molecule has 1 saturated carbocycles. The molecule has 23 heavy (non-hydrogen) atoms. The molecule has 0 unspecified atom stereocenters. The lowest BCUT2D eigenvalue weighted by molar-refractivity contribution is -0.197. The lowest BCUT2D eigenvalue weighted by Gasteiger charge is -2.40. The van der Waals surface area contributed by atoms with Crippen molar-refractivity contribution in [2.24, 2.45) is 5.92 Å². The van der Waals surface area contributed by atoms with E-state index in [1.165, 1.54) is 7.11 Å². The monoisotopic (exact) mass is 330 g/mol. The molecular weight excluding hydrogens is 313 g/mol. The van der Waals surface area contributed by atoms with Crippen LogP contribution in [0, 0.1) is 23.4 Å². The summed E-state index contributed by atoms with van der Waals surface area (Å²) in [6.45, 7) is 0.857. The summed E-state index contributed by atoms with van der Waals surface area (Å²) in [7, 11) is 1.23. The summed E-state index contributed by atoms with van der Waals surface area (Å²) in [4.78, 5) is 12.1. The van der Waals surface area contributed by atoms with E-state index >= 15 is 0 Å². The zero-order chi connectivity index (χ0) is 16.6. The van der Waals surface area contributed by atoms with E-state index in [9.17, 15) is 18.0 Å². The summed E-state index contributed by atoms with van der Waals surface area (Å²) in [5.41, 5.74) is -0.0212. The van der Waals surface area contributed by atoms with Gasteiger partial charge >= 0.3 is 5.97 Å². The molecule has 1 spiro atoms. The molecule has 126 valence electrons. The van der Waals surface area contributed by atoms with Crippen molar-refractivity contribution in [2.45, 2.75) is 31.0 Å². The number of rotatable bonds is 2. The Morgan fingerprint density at radius 2 is 1.83 bits per heavy atom. The third-order valence-corrected chi connectivity index (χ3v) is 4.61. The van der Waals surface area contributed by atoms with Crippen LogP contribution in [0.1, 0.15) is 30.7 Å². The Balaban J connectivity index is 1.94. The van der Waals surface area contributed by atoms with Gasteiger partial charge in [0.1, 0.15) is 5.82 Å². The van der Waals surface area contributed by atoms with Crippen molar-refractivity contribution in [3.63, 3.8) is 0 Å². The van der Waals surface area contributed by atoms with Gasteiger partial charge in [-0.25, -0.2) is 13.2 Å². The Bertz CT molecular complexity index is 614. The summed E-state index contributed by atoms with van der Waals surface area (Å²) in [6, 6.07) is 1.32. The molecule has 0 aromatic heterocycles. The maximum Gasteiger partial charge on any atom is 0.309 e. The van der Waals surface area contributed by atoms with Gasteiger partial charge in [-0.1, -0.05) is 0 Å². The second-order valence-electron chi connectivity index (χ2n) is 5.87. The molecule has 3 rings (SSSR count). The SMILES string of the molecule is COC(=O)[C@@H]1CC2(CC[C@H]1c1cc(F)c(F)cc1F)OCCO2. The van der Waals surface area contributed by atoms with Gasteiger partial charge in [0.05, 0.1) is 26.2 Å². The molecule has 0 radical (unpaired) electrons. The lowest BCUT2D eigenvalue weighted by atomic mass is 9.72. The first-order chi connectivity index (χ1) is 11.0. The number of ether oxygens (including phenoxy) is 3. The molecule has 0 N–H and O–H groups in total. The predicted molar refractivity (Wildman–Crippen MR) is 73.0 cm³/mol. The first kappa shape index (κ1) is 16.3. The van der Waals surface area contributed by atoms with Crippen LogP contribution in [-0.4, -0.2) is 32.1 Å². The summed E-state index contributed by atoms with van der Waals surface area (Å²) < 4.78 is 56.8. The maximum absolute atomic E-state index is 14.1. The first-order valence-electron chi connectivity index (χ1n) is 7.46. The normalized spacial score (nSPS) is 26.4. The Kier molecular flexibility index (Phi) is 4.33. The van der Waals surface area contributed by atoms with Gasteiger partial charge in [-0.2, -0.15) is 0 Å². The first-order valence-corrected chi connectivity index (χ1v) is 7.46. The lowest BCUT2D eigenvalue weighted by Crippen LogP contribution is -2.42. The zero-order valence-electron chi connectivity index (χ0n) is 12.6. The fourth-order valence-electron chi connectivity index (χ4n) is 3.51. The molecule has 1 aromatic carbocycles. The van der Waals surface area contributed by atoms with E-state index in [1.807, 2.05) is 0 Å². The minimum atomic E-state index is -1.25. The fraction of sp³-hybridized carbons (Fsp3) is 0.562. The average molecular weight is 330 g/mol. The molecular formula is C16H17F3O4. The van der Waals surface area contributed by atoms with Crippen LogP contribution >= 0.6 is 0 Å². The van der Waals surface area contributed by atoms with Crippen LogP contribution < -0.4 is 0 Å². The Hall–Kier alpha value is -1.60. The highest BCUT2D eigenvalue weighted by atomic mass is 19.2. The molecule has 1 saturated heterocycles. The molecule has 1 aliphatic heterocycles. The van der Waals surface area contributed by atoms with Crippen LogP contribution in [-0.2, 0) is 19.0 Å². The second kappa shape index (κ2) is 6.13. The number of halogens is 3. The van der Waals surface area contributed by atoms with Gasteiger partial charge in [0, 0.05) is 24.8 Å². The number of carbonyl (C=O) groups is 1. The second-order valence-corrected chi connectivity index (χ2v) is 5.87. The van der Waals surface area contributed by atoms with E-state index in [2.05, 4.69) is 0 Å². The largest absolute Gasteiger partial charge is 0.469 e. The molecule has 1 heterocycles. The molecule has 7 heteroatoms. The van der Waals surface area contributed by atoms with Crippen molar-refractivity contribution in [1.29, 1.82) is 0 Å². The Labute approximate surface area is 131 Å². The minimum Gasteiger partial charge on any atom is -0.469 e. The molecule has 2 fully saturated rings. The van der Waals surface area contributed by atoms with E-state index in [4.69, 9.17) is 14.2 Å². The van der Waals surface area contributed by atoms with Crippen molar-refractivity contribution in [3.05, 3.63) is 35.1 Å². The van der Waals surface area contributed by atoms with Crippen LogP contribution in [0.3, 0.4) is 0 Å². The molecule has 1 aliphatic carbocycles. The highest BCUT2D eigenvalue weighted by molar-refractivity contribution is 5.74. The molecule has 1 aromatic rings. The summed E-state index contributed by atoms with van der Waals surface area (Å²) >= 11 is 0. The van der Waals surface area contributed by atoms with Crippen molar-refractivity contribution in [1.82, 2.24) is 0 Å². The van der Waals surface area contributed by atoms with Gasteiger partial charge in [-0.15, -0.1) is 0 Å². The van der Waals surface area contributed by atoms with Gasteiger partial charge in [0.25, 0.3) is 0 Å². The number of hydrogen-bond acceptors (Lipinski definition) is 4. The maximum atomic E-state index is 14.1. The van der Waals surface area contributed by atoms with Crippen LogP contribution in [0.15, 0.2) is 12.1 Å². The van der Waals surface area contributed by atoms with Crippen molar-refractivity contribution < 1.29 is 32.2 Å². The summed E-state index contributed by atoms with van der Waals surface area (Å²) in [5, 5.41) is 0. The molecule has 0 amide bonds. The van der Waals surface area contributed by atoms with E-state index in [0.717, 1.165) is 6.07 Å². The highest BCUT2D eigenvalue weighted by Crippen LogP contribution is 2.47. The summed E-state index contributed by atoms with van der Waals surface area (Å²) in [6.07, 6.45) is 0.994. The number of benzene rings is 1. The Morgan fingerprint density at radius 3 is 2.48 bits per heavy atom. The zero-order valence-corrected chi connectivity index (χ0v) is 12.6. The number of hydrogen-bond donors (Lipinski definition) is 0. The van der Waals surface area contributed by atoms with Crippen molar-refractivity contribution in [3.8, 4) is 0 Å². The fourth-order valence-corrected chi connectivity index (χ4v) is 3.51. The predicted octanol–water partition coefficient (Wildman–Crippen LogP) is 2.90. The van der Waals surface area contributed by atoms with E-state index < -0.39 is 41.0 Å². The van der Waals surface area contributed by atoms with E-state index in [-0.39, 0.29) is 12.0 Å². The van der Waals surface area contributed by atoms with Crippen LogP contribution in [0.4, 0.5) is 13.2 Å². The standard InChI is InChI=1S/C16H17F3O4/c1-21-15(20)11-8-16(22-4-5-23-16)3-2-9(11)10-6-13(18)14(19)7-12(10)17/h6-7,9,11H,2-5,8H2,1H3/t9-,11+/m0/s1. The van der Waals surface area contributed by atoms with E-state index in [1.54, 1.807) is 0 Å². The Morgan fingerprint density at radius 1 is 1.17 bits per heavy atom. The smallest absolute Gasteiger partial charge is 0.309 e. The average Bonchev–Trinajstić information content (AvgIpc) is 2.98. The van der Waals surface area contributed by atoms with Crippen molar-refractivity contribution in [2.75, 3.05) is 20.3 Å². The molecule has 2 aliphatic rings. The van der Waals surface area contributed by atoms with Gasteiger partial charge < -0.3 is 14.2 Å². The third kappa shape index (κ3) is 2.95. The highest BCUT2D eigenvalue weighted by Gasteiger charge is 2.49. The van der Waals surface area contributed by atoms with Gasteiger partial charge in [-0.3, -0.25) is 4.79 Å². The summed E-state index contributed by atoms with van der Waals surface area (Å²) in [5.74, 6) is -6.04. The van der Waals surface area contributed by atoms with E-state index in [0.29, 0.717) is 32.1 Å². The van der Waals surface area contributed by atoms with Gasteiger partial charge in [0.2, 0.25) is 0 Å². The number of methoxy groups -OCH3 is 1. The number of esters is 1. The minimum absolute atomic E-state index is 0.0212. The van der Waals surface area contributed by atoms with Crippen LogP contribution in [0.5, 0.6) is 0 Å². The molecule has 2 atom stereocenters. The quantitative estimate of drug-likeness (QED) is 0.618. The topological polar surface area (TPSA) is 44.8 Å².